The Bertz CT molecular complexity index is 1340. The number of thiazole rings is 1. The smallest absolute Gasteiger partial charge is 0.298 e. The van der Waals surface area contributed by atoms with Gasteiger partial charge in [-0.1, -0.05) is 59.9 Å². The van der Waals surface area contributed by atoms with Crippen LogP contribution in [0.1, 0.15) is 12.5 Å². The van der Waals surface area contributed by atoms with Crippen molar-refractivity contribution in [2.75, 3.05) is 11.5 Å². The predicted octanol–water partition coefficient (Wildman–Crippen LogP) is 3.16. The van der Waals surface area contributed by atoms with Crippen molar-refractivity contribution in [3.8, 4) is 5.69 Å². The number of hydrogen-bond acceptors (Lipinski definition) is 7. The molecule has 4 rings (SSSR count). The number of aryl methyl sites for hydroxylation is 1. The minimum atomic E-state index is -0.331. The molecule has 31 heavy (non-hydrogen) atoms. The summed E-state index contributed by atoms with van der Waals surface area (Å²) in [5.41, 5.74) is 2.53. The number of thiocarbonyl (C=S) groups is 1. The molecule has 1 aliphatic rings. The van der Waals surface area contributed by atoms with Gasteiger partial charge in [0, 0.05) is 5.69 Å². The molecule has 0 atom stereocenters. The Morgan fingerprint density at radius 3 is 2.45 bits per heavy atom. The Balaban J connectivity index is 1.99. The number of aliphatic hydroxyl groups is 1. The molecule has 1 saturated heterocycles. The van der Waals surface area contributed by atoms with Crippen molar-refractivity contribution >= 4 is 62.1 Å². The summed E-state index contributed by atoms with van der Waals surface area (Å²) in [7, 11) is 0. The molecule has 2 N–H and O–H groups in total. The molecule has 9 heteroatoms. The summed E-state index contributed by atoms with van der Waals surface area (Å²) in [5.74, 6) is -0.588. The molecule has 0 saturated carbocycles. The molecule has 3 aromatic rings. The fourth-order valence-corrected chi connectivity index (χ4v) is 5.62. The van der Waals surface area contributed by atoms with E-state index in [9.17, 15) is 9.90 Å². The van der Waals surface area contributed by atoms with Crippen LogP contribution in [-0.2, 0) is 9.53 Å². The summed E-state index contributed by atoms with van der Waals surface area (Å²) < 4.78 is 8.06. The van der Waals surface area contributed by atoms with Crippen LogP contribution in [0.5, 0.6) is 0 Å². The maximum absolute atomic E-state index is 13.4. The molecular weight excluding hydrogens is 450 g/mol. The van der Waals surface area contributed by atoms with Crippen molar-refractivity contribution in [2.45, 2.75) is 13.8 Å². The molecule has 1 amide bonds. The lowest BCUT2D eigenvalue weighted by molar-refractivity contribution is -0.112. The topological polar surface area (TPSA) is 78.6 Å². The van der Waals surface area contributed by atoms with Gasteiger partial charge in [-0.2, -0.15) is 0 Å². The third kappa shape index (κ3) is 3.91. The molecule has 2 heterocycles. The van der Waals surface area contributed by atoms with Crippen LogP contribution < -0.4 is 19.6 Å². The van der Waals surface area contributed by atoms with Crippen LogP contribution in [0, 0.1) is 12.3 Å². The second-order valence-corrected chi connectivity index (χ2v) is 9.31. The predicted molar refractivity (Wildman–Crippen MR) is 129 cm³/mol. The number of rotatable bonds is 4. The Morgan fingerprint density at radius 2 is 1.81 bits per heavy atom. The highest BCUT2D eigenvalue weighted by molar-refractivity contribution is 8.31. The number of thioether (sulfide) groups is 1. The normalized spacial score (nSPS) is 16.6. The summed E-state index contributed by atoms with van der Waals surface area (Å²) in [6.07, 6.45) is 0. The summed E-state index contributed by atoms with van der Waals surface area (Å²) in [6.45, 7) is 4.00. The summed E-state index contributed by atoms with van der Waals surface area (Å²) >= 11 is 7.84. The molecule has 0 bridgehead atoms. The van der Waals surface area contributed by atoms with Crippen LogP contribution in [-0.4, -0.2) is 26.5 Å². The molecule has 1 fully saturated rings. The Labute approximate surface area is 192 Å². The van der Waals surface area contributed by atoms with Gasteiger partial charge in [-0.05, 0) is 38.1 Å². The Hall–Kier alpha value is -2.88. The lowest BCUT2D eigenvalue weighted by Gasteiger charge is -2.14. The highest BCUT2D eigenvalue weighted by Gasteiger charge is 2.35. The molecule has 1 aliphatic heterocycles. The van der Waals surface area contributed by atoms with Gasteiger partial charge in [-0.15, -0.1) is 11.3 Å². The van der Waals surface area contributed by atoms with Gasteiger partial charge in [0.05, 0.1) is 12.3 Å². The number of para-hydroxylation sites is 1. The van der Waals surface area contributed by atoms with Gasteiger partial charge in [-0.25, -0.2) is 0 Å². The first-order valence-electron chi connectivity index (χ1n) is 9.47. The monoisotopic (exact) mass is 469 g/mol. The number of aliphatic hydroxyl groups excluding tert-OH is 1. The zero-order valence-corrected chi connectivity index (χ0v) is 19.2. The van der Waals surface area contributed by atoms with E-state index in [1.165, 1.54) is 16.7 Å². The van der Waals surface area contributed by atoms with Crippen molar-refractivity contribution in [1.29, 1.82) is 5.41 Å². The molecule has 6 nitrogen and oxygen atoms in total. The SMILES string of the molecule is CCO/C(O)=c1\s/c(=C2/SC(=S)N(c3ccc(C)cc3)C2=O)n(-c2ccccc2)c1=N. The second kappa shape index (κ2) is 8.70. The fraction of sp³-hybridized carbons (Fsp3) is 0.136. The van der Waals surface area contributed by atoms with Crippen LogP contribution in [0.15, 0.2) is 54.6 Å². The van der Waals surface area contributed by atoms with E-state index in [-0.39, 0.29) is 28.5 Å². The number of hydrogen-bond donors (Lipinski definition) is 2. The molecule has 1 aromatic heterocycles. The molecule has 0 aliphatic carbocycles. The van der Waals surface area contributed by atoms with Crippen molar-refractivity contribution < 1.29 is 14.6 Å². The van der Waals surface area contributed by atoms with E-state index >= 15 is 0 Å². The van der Waals surface area contributed by atoms with E-state index in [0.29, 0.717) is 25.3 Å². The fourth-order valence-electron chi connectivity index (χ4n) is 3.12. The van der Waals surface area contributed by atoms with E-state index in [1.54, 1.807) is 11.5 Å². The quantitative estimate of drug-likeness (QED) is 0.574. The largest absolute Gasteiger partial charge is 0.480 e. The van der Waals surface area contributed by atoms with Crippen LogP contribution in [0.4, 0.5) is 5.69 Å². The van der Waals surface area contributed by atoms with Gasteiger partial charge in [0.15, 0.2) is 14.3 Å². The van der Waals surface area contributed by atoms with Crippen molar-refractivity contribution in [3.05, 3.63) is 74.8 Å². The maximum atomic E-state index is 13.4. The van der Waals surface area contributed by atoms with Gasteiger partial charge < -0.3 is 9.84 Å². The van der Waals surface area contributed by atoms with E-state index in [2.05, 4.69) is 0 Å². The number of ether oxygens (including phenoxy) is 1. The van der Waals surface area contributed by atoms with E-state index < -0.39 is 0 Å². The number of carbonyl (C=O) groups is 1. The third-order valence-electron chi connectivity index (χ3n) is 4.59. The molecule has 0 radical (unpaired) electrons. The standard InChI is InChI=1S/C22H19N3O3S3/c1-3-28-21(27)16-18(23)24(14-7-5-4-6-8-14)20(30-16)17-19(26)25(22(29)31-17)15-11-9-13(2)10-12-15/h4-12,23,27H,3H2,1-2H3/b20-17+,21-16-,23-18?. The molecule has 0 unspecified atom stereocenters. The van der Waals surface area contributed by atoms with Crippen LogP contribution in [0.2, 0.25) is 0 Å². The van der Waals surface area contributed by atoms with E-state index in [4.69, 9.17) is 22.4 Å². The maximum Gasteiger partial charge on any atom is 0.298 e. The highest BCUT2D eigenvalue weighted by atomic mass is 32.2. The molecule has 158 valence electrons. The molecule has 2 aromatic carbocycles. The van der Waals surface area contributed by atoms with Crippen molar-refractivity contribution in [2.24, 2.45) is 0 Å². The lowest BCUT2D eigenvalue weighted by Crippen LogP contribution is -2.33. The first-order chi connectivity index (χ1) is 14.9. The summed E-state index contributed by atoms with van der Waals surface area (Å²) in [4.78, 5) is 15.3. The van der Waals surface area contributed by atoms with E-state index in [1.807, 2.05) is 61.5 Å². The van der Waals surface area contributed by atoms with Gasteiger partial charge in [0.25, 0.3) is 11.9 Å². The van der Waals surface area contributed by atoms with Crippen LogP contribution >= 0.6 is 35.3 Å². The summed E-state index contributed by atoms with van der Waals surface area (Å²) in [6, 6.07) is 16.8. The van der Waals surface area contributed by atoms with Gasteiger partial charge >= 0.3 is 0 Å². The zero-order chi connectivity index (χ0) is 22.1. The Kier molecular flexibility index (Phi) is 5.99. The molecular formula is C22H19N3O3S3. The third-order valence-corrected chi connectivity index (χ3v) is 7.23. The minimum Gasteiger partial charge on any atom is -0.480 e. The number of anilines is 1. The van der Waals surface area contributed by atoms with Crippen LogP contribution in [0.25, 0.3) is 16.5 Å². The van der Waals surface area contributed by atoms with Gasteiger partial charge in [0.1, 0.15) is 9.57 Å². The number of amides is 1. The Morgan fingerprint density at radius 1 is 1.13 bits per heavy atom. The number of carbonyl (C=O) groups excluding carboxylic acids is 1. The van der Waals surface area contributed by atoms with Gasteiger partial charge in [-0.3, -0.25) is 19.7 Å². The van der Waals surface area contributed by atoms with E-state index in [0.717, 1.165) is 16.9 Å². The average Bonchev–Trinajstić information content (AvgIpc) is 3.25. The minimum absolute atomic E-state index is 0.0396. The molecule has 0 spiro atoms. The first-order valence-corrected chi connectivity index (χ1v) is 11.5. The second-order valence-electron chi connectivity index (χ2n) is 6.67. The van der Waals surface area contributed by atoms with Crippen molar-refractivity contribution in [1.82, 2.24) is 4.57 Å². The highest BCUT2D eigenvalue weighted by Crippen LogP contribution is 2.35. The first kappa shape index (κ1) is 21.4. The number of nitrogens with one attached hydrogen (secondary N) is 1. The lowest BCUT2D eigenvalue weighted by atomic mass is 10.2. The number of nitrogens with zero attached hydrogens (tertiary/aromatic N) is 2. The average molecular weight is 470 g/mol. The van der Waals surface area contributed by atoms with Gasteiger partial charge in [0.2, 0.25) is 0 Å². The number of benzene rings is 2. The zero-order valence-electron chi connectivity index (χ0n) is 16.8. The van der Waals surface area contributed by atoms with Crippen LogP contribution in [0.3, 0.4) is 0 Å². The summed E-state index contributed by atoms with van der Waals surface area (Å²) in [5, 5.41) is 19.0. The van der Waals surface area contributed by atoms with Crippen molar-refractivity contribution in [3.63, 3.8) is 0 Å². The number of aromatic nitrogens is 1.